The molecule has 2 aliphatic heterocycles. The van der Waals surface area contributed by atoms with Crippen molar-refractivity contribution in [2.24, 2.45) is 5.92 Å². The van der Waals surface area contributed by atoms with Crippen LogP contribution in [0.2, 0.25) is 5.02 Å². The van der Waals surface area contributed by atoms with Crippen LogP contribution in [0.3, 0.4) is 0 Å². The van der Waals surface area contributed by atoms with Crippen LogP contribution in [0.25, 0.3) is 10.9 Å². The van der Waals surface area contributed by atoms with Gasteiger partial charge in [-0.25, -0.2) is 22.5 Å². The number of aromatic amines is 1. The molecule has 1 N–H and O–H groups in total. The third kappa shape index (κ3) is 4.29. The third-order valence-electron chi connectivity index (χ3n) is 6.00. The van der Waals surface area contributed by atoms with Gasteiger partial charge in [-0.1, -0.05) is 23.8 Å². The molecule has 2 aromatic heterocycles. The molecule has 0 unspecified atom stereocenters. The molecule has 0 radical (unpaired) electrons. The molecule has 2 atom stereocenters. The molecule has 0 spiro atoms. The van der Waals surface area contributed by atoms with Crippen LogP contribution in [0.15, 0.2) is 30.4 Å². The molecule has 4 heterocycles. The Kier molecular flexibility index (Phi) is 5.96. The Bertz CT molecular complexity index is 1170. The topological polar surface area (TPSA) is 66.9 Å². The van der Waals surface area contributed by atoms with Crippen LogP contribution in [0.5, 0.6) is 0 Å². The zero-order valence-corrected chi connectivity index (χ0v) is 18.1. The summed E-state index contributed by atoms with van der Waals surface area (Å²) in [6.07, 6.45) is -1.09. The molecule has 33 heavy (non-hydrogen) atoms. The van der Waals surface area contributed by atoms with Gasteiger partial charge in [-0.05, 0) is 36.6 Å². The predicted molar refractivity (Wildman–Crippen MR) is 115 cm³/mol. The number of rotatable bonds is 5. The van der Waals surface area contributed by atoms with E-state index in [-0.39, 0.29) is 17.9 Å². The van der Waals surface area contributed by atoms with Gasteiger partial charge in [0.15, 0.2) is 0 Å². The first-order chi connectivity index (χ1) is 15.9. The van der Waals surface area contributed by atoms with E-state index in [1.54, 1.807) is 11.0 Å². The van der Waals surface area contributed by atoms with E-state index in [0.29, 0.717) is 37.6 Å². The number of halogens is 5. The SMILES string of the molecule is FC(F)c1nc(C(F)F)nc(N2CCc3c([nH]c4ccc(Cl)cc34)[C@@H]2C[C@@H]2C=CCOC2)n1. The molecule has 0 saturated carbocycles. The van der Waals surface area contributed by atoms with Crippen molar-refractivity contribution in [1.82, 2.24) is 19.9 Å². The zero-order valence-electron chi connectivity index (χ0n) is 17.3. The molecule has 0 saturated heterocycles. The van der Waals surface area contributed by atoms with Gasteiger partial charge >= 0.3 is 0 Å². The van der Waals surface area contributed by atoms with E-state index < -0.39 is 24.5 Å². The van der Waals surface area contributed by atoms with E-state index in [2.05, 4.69) is 26.0 Å². The lowest BCUT2D eigenvalue weighted by molar-refractivity contribution is 0.119. The first-order valence-corrected chi connectivity index (χ1v) is 10.9. The highest BCUT2D eigenvalue weighted by Crippen LogP contribution is 2.41. The smallest absolute Gasteiger partial charge is 0.297 e. The fourth-order valence-electron chi connectivity index (χ4n) is 4.57. The van der Waals surface area contributed by atoms with Gasteiger partial charge in [-0.2, -0.15) is 9.97 Å². The molecule has 3 aromatic rings. The van der Waals surface area contributed by atoms with Crippen molar-refractivity contribution in [3.63, 3.8) is 0 Å². The summed E-state index contributed by atoms with van der Waals surface area (Å²) in [7, 11) is 0. The van der Waals surface area contributed by atoms with Gasteiger partial charge < -0.3 is 14.6 Å². The summed E-state index contributed by atoms with van der Waals surface area (Å²) < 4.78 is 59.1. The van der Waals surface area contributed by atoms with Gasteiger partial charge in [0.2, 0.25) is 17.6 Å². The highest BCUT2D eigenvalue weighted by molar-refractivity contribution is 6.31. The van der Waals surface area contributed by atoms with Crippen molar-refractivity contribution >= 4 is 28.5 Å². The van der Waals surface area contributed by atoms with E-state index in [1.165, 1.54) is 0 Å². The first kappa shape index (κ1) is 22.1. The highest BCUT2D eigenvalue weighted by atomic mass is 35.5. The highest BCUT2D eigenvalue weighted by Gasteiger charge is 2.35. The number of aromatic nitrogens is 4. The van der Waals surface area contributed by atoms with Crippen LogP contribution in [-0.2, 0) is 11.2 Å². The maximum absolute atomic E-state index is 13.4. The number of nitrogens with one attached hydrogen (secondary N) is 1. The molecule has 6 nitrogen and oxygen atoms in total. The lowest BCUT2D eigenvalue weighted by Gasteiger charge is -2.37. The quantitative estimate of drug-likeness (QED) is 0.381. The van der Waals surface area contributed by atoms with E-state index >= 15 is 0 Å². The number of ether oxygens (including phenoxy) is 1. The van der Waals surface area contributed by atoms with E-state index in [1.807, 2.05) is 18.2 Å². The van der Waals surface area contributed by atoms with Crippen molar-refractivity contribution in [2.75, 3.05) is 24.7 Å². The van der Waals surface area contributed by atoms with Gasteiger partial charge in [0.25, 0.3) is 12.9 Å². The van der Waals surface area contributed by atoms with Gasteiger partial charge in [0.05, 0.1) is 19.3 Å². The molecular formula is C22H20ClF4N5O. The number of H-pyrrole nitrogens is 1. The summed E-state index contributed by atoms with van der Waals surface area (Å²) in [5.41, 5.74) is 2.82. The number of fused-ring (bicyclic) bond motifs is 3. The van der Waals surface area contributed by atoms with Crippen LogP contribution >= 0.6 is 11.6 Å². The second-order valence-corrected chi connectivity index (χ2v) is 8.52. The second-order valence-electron chi connectivity index (χ2n) is 8.08. The molecule has 0 aliphatic carbocycles. The summed E-state index contributed by atoms with van der Waals surface area (Å²) in [4.78, 5) is 16.1. The average Bonchev–Trinajstić information content (AvgIpc) is 3.18. The monoisotopic (exact) mass is 481 g/mol. The fraction of sp³-hybridized carbons (Fsp3) is 0.409. The number of nitrogens with zero attached hydrogens (tertiary/aromatic N) is 4. The molecule has 2 aliphatic rings. The molecule has 5 rings (SSSR count). The third-order valence-corrected chi connectivity index (χ3v) is 6.23. The summed E-state index contributed by atoms with van der Waals surface area (Å²) in [5.74, 6) is -2.03. The lowest BCUT2D eigenvalue weighted by atomic mass is 9.90. The van der Waals surface area contributed by atoms with Gasteiger partial charge in [0, 0.05) is 34.1 Å². The Morgan fingerprint density at radius 3 is 2.55 bits per heavy atom. The Morgan fingerprint density at radius 1 is 1.12 bits per heavy atom. The van der Waals surface area contributed by atoms with Crippen LogP contribution < -0.4 is 4.90 Å². The number of hydrogen-bond acceptors (Lipinski definition) is 5. The van der Waals surface area contributed by atoms with Crippen LogP contribution in [0.4, 0.5) is 23.5 Å². The molecule has 174 valence electrons. The van der Waals surface area contributed by atoms with E-state index in [9.17, 15) is 17.6 Å². The Labute approximate surface area is 191 Å². The lowest BCUT2D eigenvalue weighted by Crippen LogP contribution is -2.38. The predicted octanol–water partition coefficient (Wildman–Crippen LogP) is 5.58. The van der Waals surface area contributed by atoms with Crippen molar-refractivity contribution in [2.45, 2.75) is 31.7 Å². The number of hydrogen-bond donors (Lipinski definition) is 1. The van der Waals surface area contributed by atoms with Crippen molar-refractivity contribution in [3.05, 3.63) is 58.3 Å². The normalized spacial score (nSPS) is 20.8. The van der Waals surface area contributed by atoms with E-state index in [4.69, 9.17) is 16.3 Å². The molecule has 11 heteroatoms. The fourth-order valence-corrected chi connectivity index (χ4v) is 4.74. The Morgan fingerprint density at radius 2 is 1.88 bits per heavy atom. The molecule has 1 aromatic carbocycles. The number of anilines is 1. The number of benzene rings is 1. The molecule has 0 fully saturated rings. The van der Waals surface area contributed by atoms with Crippen LogP contribution in [0.1, 0.15) is 48.2 Å². The minimum atomic E-state index is -3.09. The summed E-state index contributed by atoms with van der Waals surface area (Å²) in [6.45, 7) is 1.40. The van der Waals surface area contributed by atoms with E-state index in [0.717, 1.165) is 22.2 Å². The van der Waals surface area contributed by atoms with Gasteiger partial charge in [-0.15, -0.1) is 0 Å². The maximum atomic E-state index is 13.4. The number of alkyl halides is 4. The van der Waals surface area contributed by atoms with Gasteiger partial charge in [-0.3, -0.25) is 0 Å². The zero-order chi connectivity index (χ0) is 23.1. The average molecular weight is 482 g/mol. The molecular weight excluding hydrogens is 462 g/mol. The standard InChI is InChI=1S/C22H20ClF4N5O/c23-12-3-4-15-14(9-12)13-5-6-32(16(17(13)28-15)8-11-2-1-7-33-10-11)22-30-20(18(24)25)29-21(31-22)19(26)27/h1-4,9,11,16,18-19,28H,5-8,10H2/t11-,16-/m0/s1. The minimum absolute atomic E-state index is 0.0539. The Hall–Kier alpha value is -2.72. The summed E-state index contributed by atoms with van der Waals surface area (Å²) >= 11 is 6.21. The minimum Gasteiger partial charge on any atom is -0.377 e. The summed E-state index contributed by atoms with van der Waals surface area (Å²) in [6, 6.07) is 5.18. The van der Waals surface area contributed by atoms with Crippen molar-refractivity contribution in [1.29, 1.82) is 0 Å². The molecule has 0 bridgehead atoms. The molecule has 0 amide bonds. The van der Waals surface area contributed by atoms with Gasteiger partial charge in [0.1, 0.15) is 0 Å². The van der Waals surface area contributed by atoms with Crippen LogP contribution in [-0.4, -0.2) is 39.7 Å². The Balaban J connectivity index is 1.62. The van der Waals surface area contributed by atoms with Crippen molar-refractivity contribution < 1.29 is 22.3 Å². The maximum Gasteiger partial charge on any atom is 0.297 e. The summed E-state index contributed by atoms with van der Waals surface area (Å²) in [5, 5.41) is 1.59. The van der Waals surface area contributed by atoms with Crippen molar-refractivity contribution in [3.8, 4) is 0 Å². The largest absolute Gasteiger partial charge is 0.377 e. The first-order valence-electron chi connectivity index (χ1n) is 10.5. The van der Waals surface area contributed by atoms with Crippen LogP contribution in [0, 0.1) is 5.92 Å². The second kappa shape index (κ2) is 8.90.